The lowest BCUT2D eigenvalue weighted by atomic mass is 9.77. The molecule has 1 aromatic rings. The Morgan fingerprint density at radius 3 is 2.45 bits per heavy atom. The molecule has 10 heteroatoms. The van der Waals surface area contributed by atoms with Gasteiger partial charge in [-0.1, -0.05) is 12.1 Å². The first kappa shape index (κ1) is 21.9. The maximum atomic E-state index is 12.9. The van der Waals surface area contributed by atoms with Crippen LogP contribution in [0.4, 0.5) is 5.69 Å². The highest BCUT2D eigenvalue weighted by atomic mass is 16.6. The molecule has 0 radical (unpaired) electrons. The maximum absolute atomic E-state index is 12.9. The van der Waals surface area contributed by atoms with Crippen molar-refractivity contribution in [2.45, 2.75) is 19.8 Å². The summed E-state index contributed by atoms with van der Waals surface area (Å²) in [5, 5.41) is 11.3. The monoisotopic (exact) mass is 404 g/mol. The summed E-state index contributed by atoms with van der Waals surface area (Å²) in [5.74, 6) is -3.17. The molecule has 156 valence electrons. The number of hydrogen-bond acceptors (Lipinski definition) is 9. The van der Waals surface area contributed by atoms with Crippen molar-refractivity contribution in [1.29, 1.82) is 0 Å². The molecule has 0 bridgehead atoms. The Morgan fingerprint density at radius 1 is 1.24 bits per heavy atom. The zero-order valence-electron chi connectivity index (χ0n) is 16.7. The number of ether oxygens (including phenoxy) is 2. The number of carbonyl (C=O) groups excluding carboxylic acids is 2. The van der Waals surface area contributed by atoms with Gasteiger partial charge in [-0.15, -0.1) is 0 Å². The molecule has 1 aromatic carbocycles. The number of nitro groups is 1. The molecule has 0 aliphatic carbocycles. The van der Waals surface area contributed by atoms with Crippen molar-refractivity contribution in [3.63, 3.8) is 0 Å². The minimum Gasteiger partial charge on any atom is -0.465 e. The Kier molecular flexibility index (Phi) is 6.92. The quantitative estimate of drug-likeness (QED) is 0.428. The smallest absolute Gasteiger partial charge is 0.338 e. The summed E-state index contributed by atoms with van der Waals surface area (Å²) >= 11 is 0. The zero-order valence-corrected chi connectivity index (χ0v) is 16.7. The van der Waals surface area contributed by atoms with Gasteiger partial charge in [0, 0.05) is 32.1 Å². The number of benzene rings is 1. The molecule has 2 rings (SSSR count). The van der Waals surface area contributed by atoms with E-state index in [1.807, 2.05) is 0 Å². The lowest BCUT2D eigenvalue weighted by Crippen LogP contribution is -2.44. The summed E-state index contributed by atoms with van der Waals surface area (Å²) in [7, 11) is 3.36. The van der Waals surface area contributed by atoms with Crippen LogP contribution in [-0.4, -0.2) is 54.9 Å². The van der Waals surface area contributed by atoms with E-state index in [0.717, 1.165) is 0 Å². The number of nitrogens with two attached hydrogens (primary N) is 1. The number of amidine groups is 1. The fraction of sp³-hybridized carbons (Fsp3) is 0.421. The van der Waals surface area contributed by atoms with Crippen LogP contribution < -0.4 is 5.73 Å². The first-order valence-corrected chi connectivity index (χ1v) is 9.06. The summed E-state index contributed by atoms with van der Waals surface area (Å²) in [6.07, 6.45) is 0. The molecule has 10 nitrogen and oxygen atoms in total. The lowest BCUT2D eigenvalue weighted by molar-refractivity contribution is -0.384. The minimum absolute atomic E-state index is 0.0315. The van der Waals surface area contributed by atoms with Crippen LogP contribution in [-0.2, 0) is 19.1 Å². The van der Waals surface area contributed by atoms with Crippen LogP contribution in [0.5, 0.6) is 0 Å². The third kappa shape index (κ3) is 4.53. The highest BCUT2D eigenvalue weighted by Crippen LogP contribution is 2.40. The fourth-order valence-corrected chi connectivity index (χ4v) is 3.21. The number of esters is 2. The molecule has 0 fully saturated rings. The normalized spacial score (nSPS) is 18.7. The summed E-state index contributed by atoms with van der Waals surface area (Å²) in [4.78, 5) is 42.1. The number of rotatable bonds is 6. The van der Waals surface area contributed by atoms with Gasteiger partial charge in [-0.2, -0.15) is 0 Å². The van der Waals surface area contributed by atoms with Gasteiger partial charge in [0.2, 0.25) is 0 Å². The maximum Gasteiger partial charge on any atom is 0.338 e. The number of aliphatic imine (C=N–C) groups is 1. The molecule has 2 N–H and O–H groups in total. The second-order valence-corrected chi connectivity index (χ2v) is 6.44. The van der Waals surface area contributed by atoms with Crippen molar-refractivity contribution in [1.82, 2.24) is 4.90 Å². The number of hydrogen-bond donors (Lipinski definition) is 1. The Balaban J connectivity index is 2.76. The molecule has 0 spiro atoms. The Hall–Kier alpha value is -3.43. The van der Waals surface area contributed by atoms with Gasteiger partial charge >= 0.3 is 11.9 Å². The zero-order chi connectivity index (χ0) is 21.7. The van der Waals surface area contributed by atoms with Gasteiger partial charge in [-0.3, -0.25) is 14.9 Å². The first-order chi connectivity index (χ1) is 13.7. The average Bonchev–Trinajstić information content (AvgIpc) is 2.67. The third-order valence-corrected chi connectivity index (χ3v) is 4.37. The fourth-order valence-electron chi connectivity index (χ4n) is 3.21. The van der Waals surface area contributed by atoms with Crippen molar-refractivity contribution in [3.05, 3.63) is 51.3 Å². The number of nitro benzene ring substituents is 1. The molecule has 0 aromatic heterocycles. The molecule has 29 heavy (non-hydrogen) atoms. The van der Waals surface area contributed by atoms with Gasteiger partial charge in [0.1, 0.15) is 17.6 Å². The second kappa shape index (κ2) is 9.18. The third-order valence-electron chi connectivity index (χ3n) is 4.37. The van der Waals surface area contributed by atoms with Crippen molar-refractivity contribution >= 4 is 23.5 Å². The topological polar surface area (TPSA) is 137 Å². The Bertz CT molecular complexity index is 877. The second-order valence-electron chi connectivity index (χ2n) is 6.44. The molecule has 1 heterocycles. The highest BCUT2D eigenvalue weighted by molar-refractivity contribution is 6.06. The van der Waals surface area contributed by atoms with E-state index in [1.165, 1.54) is 18.2 Å². The predicted molar refractivity (Wildman–Crippen MR) is 105 cm³/mol. The van der Waals surface area contributed by atoms with Crippen molar-refractivity contribution < 1.29 is 24.0 Å². The van der Waals surface area contributed by atoms with E-state index in [4.69, 9.17) is 15.2 Å². The molecular weight excluding hydrogens is 380 g/mol. The van der Waals surface area contributed by atoms with Crippen LogP contribution in [0.2, 0.25) is 0 Å². The van der Waals surface area contributed by atoms with Gasteiger partial charge in [-0.25, -0.2) is 9.79 Å². The van der Waals surface area contributed by atoms with Crippen molar-refractivity contribution in [2.24, 2.45) is 16.6 Å². The Labute approximate surface area is 168 Å². The van der Waals surface area contributed by atoms with Crippen LogP contribution in [0.3, 0.4) is 0 Å². The van der Waals surface area contributed by atoms with Gasteiger partial charge in [0.25, 0.3) is 5.69 Å². The molecular formula is C19H24N4O6. The molecule has 2 atom stereocenters. The van der Waals surface area contributed by atoms with Gasteiger partial charge in [0.15, 0.2) is 0 Å². The molecule has 0 amide bonds. The first-order valence-electron chi connectivity index (χ1n) is 9.06. The summed E-state index contributed by atoms with van der Waals surface area (Å²) < 4.78 is 10.3. The predicted octanol–water partition coefficient (Wildman–Crippen LogP) is 1.56. The van der Waals surface area contributed by atoms with E-state index in [-0.39, 0.29) is 36.1 Å². The van der Waals surface area contributed by atoms with Crippen molar-refractivity contribution in [3.8, 4) is 0 Å². The van der Waals surface area contributed by atoms with Gasteiger partial charge < -0.3 is 20.1 Å². The van der Waals surface area contributed by atoms with Gasteiger partial charge in [0.05, 0.1) is 23.7 Å². The van der Waals surface area contributed by atoms with E-state index in [9.17, 15) is 19.7 Å². The van der Waals surface area contributed by atoms with Crippen LogP contribution in [0, 0.1) is 16.0 Å². The summed E-state index contributed by atoms with van der Waals surface area (Å²) in [6.45, 7) is 3.50. The van der Waals surface area contributed by atoms with E-state index >= 15 is 0 Å². The number of carbonyl (C=O) groups is 2. The molecule has 0 saturated heterocycles. The largest absolute Gasteiger partial charge is 0.465 e. The summed E-state index contributed by atoms with van der Waals surface area (Å²) in [6, 6.07) is 5.70. The van der Waals surface area contributed by atoms with E-state index < -0.39 is 28.7 Å². The SMILES string of the molecule is CCOC(=O)C1=C(N)N=C(N(C)C)C(C(=O)OCC)C1c1cccc([N+](=O)[O-])c1. The van der Waals surface area contributed by atoms with Crippen LogP contribution in [0.25, 0.3) is 0 Å². The average molecular weight is 404 g/mol. The van der Waals surface area contributed by atoms with Crippen LogP contribution >= 0.6 is 0 Å². The van der Waals surface area contributed by atoms with Crippen LogP contribution in [0.1, 0.15) is 25.3 Å². The molecule has 1 aliphatic rings. The van der Waals surface area contributed by atoms with Crippen molar-refractivity contribution in [2.75, 3.05) is 27.3 Å². The lowest BCUT2D eigenvalue weighted by Gasteiger charge is -2.34. The van der Waals surface area contributed by atoms with E-state index in [1.54, 1.807) is 38.9 Å². The number of nitrogens with zero attached hydrogens (tertiary/aromatic N) is 3. The van der Waals surface area contributed by atoms with E-state index in [2.05, 4.69) is 4.99 Å². The Morgan fingerprint density at radius 2 is 1.90 bits per heavy atom. The highest BCUT2D eigenvalue weighted by Gasteiger charge is 2.45. The summed E-state index contributed by atoms with van der Waals surface area (Å²) in [5.41, 5.74) is 6.23. The molecule has 1 aliphatic heterocycles. The molecule has 2 unspecified atom stereocenters. The minimum atomic E-state index is -1.03. The number of non-ortho nitro benzene ring substituents is 1. The van der Waals surface area contributed by atoms with Crippen LogP contribution in [0.15, 0.2) is 40.7 Å². The van der Waals surface area contributed by atoms with E-state index in [0.29, 0.717) is 5.56 Å². The standard InChI is InChI=1S/C19H24N4O6/c1-5-28-18(24)14-13(11-8-7-9-12(10-11)23(26)27)15(19(25)29-6-2)17(22(3)4)21-16(14)20/h7-10,13,15H,5-6,20H2,1-4H3. The van der Waals surface area contributed by atoms with Gasteiger partial charge in [-0.05, 0) is 19.4 Å². The molecule has 0 saturated carbocycles.